The Bertz CT molecular complexity index is 851. The van der Waals surface area contributed by atoms with E-state index in [2.05, 4.69) is 5.32 Å². The number of ether oxygens (including phenoxy) is 1. The van der Waals surface area contributed by atoms with Crippen LogP contribution in [0.25, 0.3) is 0 Å². The van der Waals surface area contributed by atoms with Crippen LogP contribution in [0.4, 0.5) is 5.69 Å². The summed E-state index contributed by atoms with van der Waals surface area (Å²) in [6, 6.07) is 5.87. The average Bonchev–Trinajstić information content (AvgIpc) is 2.98. The summed E-state index contributed by atoms with van der Waals surface area (Å²) in [6.45, 7) is 2.15. The van der Waals surface area contributed by atoms with Crippen molar-refractivity contribution in [2.45, 2.75) is 35.4 Å². The number of halogens is 2. The van der Waals surface area contributed by atoms with Crippen molar-refractivity contribution in [3.8, 4) is 0 Å². The molecule has 2 aliphatic rings. The van der Waals surface area contributed by atoms with Crippen LogP contribution in [0.2, 0.25) is 0 Å². The Morgan fingerprint density at radius 3 is 2.26 bits per heavy atom. The number of hydrogen-bond acceptors (Lipinski definition) is 5. The van der Waals surface area contributed by atoms with Crippen LogP contribution in [0.15, 0.2) is 29.2 Å². The Morgan fingerprint density at radius 1 is 1.19 bits per heavy atom. The fourth-order valence-corrected chi connectivity index (χ4v) is 5.10. The second-order valence-electron chi connectivity index (χ2n) is 6.97. The van der Waals surface area contributed by atoms with E-state index in [0.29, 0.717) is 18.8 Å². The molecule has 7 nitrogen and oxygen atoms in total. The van der Waals surface area contributed by atoms with Crippen LogP contribution < -0.4 is 5.32 Å². The molecule has 1 aliphatic carbocycles. The fourth-order valence-electron chi connectivity index (χ4n) is 2.90. The maximum absolute atomic E-state index is 12.5. The summed E-state index contributed by atoms with van der Waals surface area (Å²) < 4.78 is 30.2. The van der Waals surface area contributed by atoms with Gasteiger partial charge in [0, 0.05) is 25.2 Å². The van der Waals surface area contributed by atoms with Crippen molar-refractivity contribution in [3.05, 3.63) is 24.3 Å². The largest absolute Gasteiger partial charge is 0.455 e. The molecule has 1 N–H and O–H groups in total. The second-order valence-corrected chi connectivity index (χ2v) is 10.4. The summed E-state index contributed by atoms with van der Waals surface area (Å²) in [5.41, 5.74) is -0.597. The van der Waals surface area contributed by atoms with Crippen molar-refractivity contribution in [2.75, 3.05) is 25.0 Å². The predicted octanol–water partition coefficient (Wildman–Crippen LogP) is 2.54. The van der Waals surface area contributed by atoms with Crippen LogP contribution in [-0.4, -0.2) is 48.6 Å². The zero-order valence-electron chi connectivity index (χ0n) is 14.7. The first-order valence-corrected chi connectivity index (χ1v) is 10.7. The molecule has 148 valence electrons. The molecule has 27 heavy (non-hydrogen) atoms. The Balaban J connectivity index is 1.54. The molecule has 3 rings (SSSR count). The van der Waals surface area contributed by atoms with Crippen LogP contribution in [-0.2, 0) is 24.3 Å². The molecule has 1 saturated carbocycles. The van der Waals surface area contributed by atoms with Gasteiger partial charge in [0.05, 0.1) is 4.90 Å². The van der Waals surface area contributed by atoms with E-state index < -0.39 is 38.3 Å². The lowest BCUT2D eigenvalue weighted by atomic mass is 10.1. The standard InChI is InChI=1S/C17H20Cl2N2O5S/c1-16(11-17(16,18)19)15(23)26-10-14(22)20-12-4-6-13(7-5-12)27(24,25)21-8-2-3-9-21/h4-7H,2-3,8-11H2,1H3,(H,20,22). The van der Waals surface area contributed by atoms with Gasteiger partial charge in [-0.05, 0) is 44.0 Å². The first-order valence-electron chi connectivity index (χ1n) is 8.51. The van der Waals surface area contributed by atoms with E-state index in [9.17, 15) is 18.0 Å². The highest BCUT2D eigenvalue weighted by Gasteiger charge is 2.69. The van der Waals surface area contributed by atoms with Crippen molar-refractivity contribution in [1.29, 1.82) is 0 Å². The molecule has 1 aliphatic heterocycles. The number of hydrogen-bond donors (Lipinski definition) is 1. The Kier molecular flexibility index (Phi) is 5.46. The minimum absolute atomic E-state index is 0.177. The first-order chi connectivity index (χ1) is 12.6. The molecule has 1 atom stereocenters. The van der Waals surface area contributed by atoms with Crippen LogP contribution in [0.3, 0.4) is 0 Å². The summed E-state index contributed by atoms with van der Waals surface area (Å²) in [6.07, 6.45) is 2.00. The van der Waals surface area contributed by atoms with Crippen LogP contribution in [0.1, 0.15) is 26.2 Å². The molecular formula is C17H20Cl2N2O5S. The predicted molar refractivity (Wildman–Crippen MR) is 101 cm³/mol. The minimum atomic E-state index is -3.50. The number of sulfonamides is 1. The van der Waals surface area contributed by atoms with Crippen molar-refractivity contribution in [2.24, 2.45) is 5.41 Å². The third-order valence-electron chi connectivity index (χ3n) is 4.88. The highest BCUT2D eigenvalue weighted by Crippen LogP contribution is 2.64. The number of benzene rings is 1. The van der Waals surface area contributed by atoms with Gasteiger partial charge in [-0.2, -0.15) is 4.31 Å². The molecule has 0 spiro atoms. The number of carbonyl (C=O) groups excluding carboxylic acids is 2. The van der Waals surface area contributed by atoms with Gasteiger partial charge in [0.1, 0.15) is 9.75 Å². The average molecular weight is 435 g/mol. The number of alkyl halides is 2. The first kappa shape index (κ1) is 20.4. The van der Waals surface area contributed by atoms with Crippen molar-refractivity contribution < 1.29 is 22.7 Å². The number of amides is 1. The molecule has 1 aromatic carbocycles. The van der Waals surface area contributed by atoms with Gasteiger partial charge in [-0.3, -0.25) is 9.59 Å². The molecule has 0 bridgehead atoms. The topological polar surface area (TPSA) is 92.8 Å². The molecule has 1 amide bonds. The monoisotopic (exact) mass is 434 g/mol. The van der Waals surface area contributed by atoms with E-state index in [0.717, 1.165) is 12.8 Å². The smallest absolute Gasteiger partial charge is 0.315 e. The quantitative estimate of drug-likeness (QED) is 0.548. The SMILES string of the molecule is CC1(C(=O)OCC(=O)Nc2ccc(S(=O)(=O)N3CCCC3)cc2)CC1(Cl)Cl. The molecule has 2 fully saturated rings. The van der Waals surface area contributed by atoms with Gasteiger partial charge in [0.15, 0.2) is 6.61 Å². The van der Waals surface area contributed by atoms with Crippen molar-refractivity contribution >= 4 is 50.8 Å². The molecule has 0 aromatic heterocycles. The molecule has 1 unspecified atom stereocenters. The lowest BCUT2D eigenvalue weighted by molar-refractivity contribution is -0.152. The summed E-state index contributed by atoms with van der Waals surface area (Å²) >= 11 is 11.8. The second kappa shape index (κ2) is 7.24. The third kappa shape index (κ3) is 4.08. The molecular weight excluding hydrogens is 415 g/mol. The Morgan fingerprint density at radius 2 is 1.74 bits per heavy atom. The van der Waals surface area contributed by atoms with Crippen molar-refractivity contribution in [3.63, 3.8) is 0 Å². The van der Waals surface area contributed by atoms with Crippen LogP contribution >= 0.6 is 23.2 Å². The van der Waals surface area contributed by atoms with Crippen LogP contribution in [0, 0.1) is 5.41 Å². The highest BCUT2D eigenvalue weighted by atomic mass is 35.5. The maximum atomic E-state index is 12.5. The molecule has 1 saturated heterocycles. The number of nitrogens with one attached hydrogen (secondary N) is 1. The number of anilines is 1. The van der Waals surface area contributed by atoms with E-state index in [1.54, 1.807) is 6.92 Å². The molecule has 1 aromatic rings. The molecule has 1 heterocycles. The fraction of sp³-hybridized carbons (Fsp3) is 0.529. The lowest BCUT2D eigenvalue weighted by Gasteiger charge is -2.15. The zero-order valence-corrected chi connectivity index (χ0v) is 17.0. The summed E-state index contributed by atoms with van der Waals surface area (Å²) in [5.74, 6) is -1.17. The molecule has 0 radical (unpaired) electrons. The van der Waals surface area contributed by atoms with E-state index >= 15 is 0 Å². The summed E-state index contributed by atoms with van der Waals surface area (Å²) in [4.78, 5) is 24.1. The van der Waals surface area contributed by atoms with Gasteiger partial charge in [-0.25, -0.2) is 8.42 Å². The van der Waals surface area contributed by atoms with Crippen LogP contribution in [0.5, 0.6) is 0 Å². The van der Waals surface area contributed by atoms with Gasteiger partial charge in [-0.1, -0.05) is 0 Å². The number of carbonyl (C=O) groups is 2. The number of nitrogens with zero attached hydrogens (tertiary/aromatic N) is 1. The number of esters is 1. The third-order valence-corrected chi connectivity index (χ3v) is 7.90. The number of rotatable bonds is 6. The summed E-state index contributed by atoms with van der Waals surface area (Å²) in [7, 11) is -3.50. The van der Waals surface area contributed by atoms with Gasteiger partial charge < -0.3 is 10.1 Å². The zero-order chi connectivity index (χ0) is 19.9. The van der Waals surface area contributed by atoms with E-state index in [4.69, 9.17) is 27.9 Å². The maximum Gasteiger partial charge on any atom is 0.315 e. The van der Waals surface area contributed by atoms with E-state index in [1.807, 2.05) is 0 Å². The van der Waals surface area contributed by atoms with Gasteiger partial charge in [0.25, 0.3) is 5.91 Å². The lowest BCUT2D eigenvalue weighted by Crippen LogP contribution is -2.28. The highest BCUT2D eigenvalue weighted by molar-refractivity contribution is 7.89. The summed E-state index contributed by atoms with van der Waals surface area (Å²) in [5, 5.41) is 2.55. The Hall–Kier alpha value is -1.35. The van der Waals surface area contributed by atoms with E-state index in [-0.39, 0.29) is 11.3 Å². The van der Waals surface area contributed by atoms with Gasteiger partial charge >= 0.3 is 5.97 Å². The van der Waals surface area contributed by atoms with E-state index in [1.165, 1.54) is 28.6 Å². The normalized spacial score (nSPS) is 24.4. The molecule has 10 heteroatoms. The van der Waals surface area contributed by atoms with Gasteiger partial charge in [-0.15, -0.1) is 23.2 Å². The Labute approximate surface area is 168 Å². The van der Waals surface area contributed by atoms with Gasteiger partial charge in [0.2, 0.25) is 10.0 Å². The minimum Gasteiger partial charge on any atom is -0.455 e. The van der Waals surface area contributed by atoms with Crippen molar-refractivity contribution in [1.82, 2.24) is 4.31 Å².